The molecule has 0 aromatic carbocycles. The summed E-state index contributed by atoms with van der Waals surface area (Å²) in [7, 11) is 0. The van der Waals surface area contributed by atoms with Crippen molar-refractivity contribution in [3.63, 3.8) is 0 Å². The Hall–Kier alpha value is -2.18. The van der Waals surface area contributed by atoms with Crippen molar-refractivity contribution in [3.8, 4) is 0 Å². The maximum atomic E-state index is 12.8. The van der Waals surface area contributed by atoms with Gasteiger partial charge < -0.3 is 10.6 Å². The number of amides is 1. The fourth-order valence-electron chi connectivity index (χ4n) is 2.95. The number of nitrogen functional groups attached to an aromatic ring is 1. The number of rotatable bonds is 4. The molecule has 1 aromatic heterocycles. The van der Waals surface area contributed by atoms with E-state index < -0.39 is 4.92 Å². The molecule has 2 N–H and O–H groups in total. The number of likely N-dealkylation sites (tertiary alicyclic amines) is 1. The minimum atomic E-state index is -0.569. The topological polar surface area (TPSA) is 102 Å². The van der Waals surface area contributed by atoms with Gasteiger partial charge in [-0.05, 0) is 24.7 Å². The summed E-state index contributed by atoms with van der Waals surface area (Å²) in [5.41, 5.74) is 5.66. The van der Waals surface area contributed by atoms with Crippen molar-refractivity contribution in [1.29, 1.82) is 0 Å². The van der Waals surface area contributed by atoms with Gasteiger partial charge in [-0.3, -0.25) is 14.9 Å². The first kappa shape index (κ1) is 16.2. The largest absolute Gasteiger partial charge is 0.383 e. The van der Waals surface area contributed by atoms with Crippen molar-refractivity contribution in [2.24, 2.45) is 5.41 Å². The molecule has 7 heteroatoms. The van der Waals surface area contributed by atoms with E-state index in [9.17, 15) is 14.9 Å². The van der Waals surface area contributed by atoms with E-state index in [-0.39, 0.29) is 34.4 Å². The lowest BCUT2D eigenvalue weighted by atomic mass is 9.80. The van der Waals surface area contributed by atoms with E-state index in [1.165, 1.54) is 6.07 Å². The molecular weight excluding hydrogens is 284 g/mol. The maximum absolute atomic E-state index is 12.8. The van der Waals surface area contributed by atoms with E-state index in [2.05, 4.69) is 25.8 Å². The Balaban J connectivity index is 2.35. The average Bonchev–Trinajstić information content (AvgIpc) is 2.97. The number of nitrogens with zero attached hydrogens (tertiary/aromatic N) is 3. The highest BCUT2D eigenvalue weighted by atomic mass is 16.6. The number of hydrogen-bond donors (Lipinski definition) is 1. The van der Waals surface area contributed by atoms with Crippen molar-refractivity contribution in [2.75, 3.05) is 12.3 Å². The molecule has 0 unspecified atom stereocenters. The molecule has 2 heterocycles. The number of anilines is 1. The van der Waals surface area contributed by atoms with Crippen LogP contribution in [-0.4, -0.2) is 33.3 Å². The molecule has 0 saturated carbocycles. The Labute approximate surface area is 129 Å². The van der Waals surface area contributed by atoms with E-state index in [1.807, 2.05) is 0 Å². The van der Waals surface area contributed by atoms with Crippen LogP contribution in [-0.2, 0) is 0 Å². The first-order valence-corrected chi connectivity index (χ1v) is 7.49. The molecule has 2 rings (SSSR count). The summed E-state index contributed by atoms with van der Waals surface area (Å²) in [5.74, 6) is -0.228. The first-order valence-electron chi connectivity index (χ1n) is 7.49. The molecule has 0 spiro atoms. The zero-order valence-corrected chi connectivity index (χ0v) is 13.2. The molecule has 1 aromatic rings. The maximum Gasteiger partial charge on any atom is 0.288 e. The Morgan fingerprint density at radius 2 is 2.27 bits per heavy atom. The molecular formula is C15H22N4O3. The van der Waals surface area contributed by atoms with Crippen LogP contribution in [0.2, 0.25) is 0 Å². The summed E-state index contributed by atoms with van der Waals surface area (Å²) in [5, 5.41) is 10.9. The fraction of sp³-hybridized carbons (Fsp3) is 0.600. The number of nitro groups is 1. The van der Waals surface area contributed by atoms with Gasteiger partial charge in [-0.1, -0.05) is 20.8 Å². The van der Waals surface area contributed by atoms with Gasteiger partial charge in [-0.25, -0.2) is 4.98 Å². The molecule has 0 aliphatic carbocycles. The number of aromatic nitrogens is 1. The Bertz CT molecular complexity index is 600. The van der Waals surface area contributed by atoms with E-state index >= 15 is 0 Å². The van der Waals surface area contributed by atoms with Gasteiger partial charge in [-0.15, -0.1) is 0 Å². The number of carbonyl (C=O) groups excluding carboxylic acids is 1. The molecule has 1 aliphatic rings. The summed E-state index contributed by atoms with van der Waals surface area (Å²) in [6.07, 6.45) is 3.89. The molecule has 7 nitrogen and oxygen atoms in total. The zero-order valence-electron chi connectivity index (χ0n) is 13.2. The number of pyridine rings is 1. The van der Waals surface area contributed by atoms with Crippen molar-refractivity contribution in [2.45, 2.75) is 46.1 Å². The van der Waals surface area contributed by atoms with Gasteiger partial charge in [-0.2, -0.15) is 0 Å². The molecule has 1 aliphatic heterocycles. The standard InChI is InChI=1S/C15H22N4O3/c1-4-15(2,3)12-6-5-7-18(12)14(20)11-8-10(19(21)22)9-17-13(11)16/h8-9,12H,4-7H2,1-3H3,(H2,16,17)/t12-/m1/s1. The fourth-order valence-corrected chi connectivity index (χ4v) is 2.95. The smallest absolute Gasteiger partial charge is 0.288 e. The SMILES string of the molecule is CCC(C)(C)[C@H]1CCCN1C(=O)c1cc([N+](=O)[O-])cnc1N. The predicted octanol–water partition coefficient (Wildman–Crippen LogP) is 2.61. The van der Waals surface area contributed by atoms with Crippen LogP contribution < -0.4 is 5.73 Å². The quantitative estimate of drug-likeness (QED) is 0.680. The summed E-state index contributed by atoms with van der Waals surface area (Å²) in [4.78, 5) is 28.7. The summed E-state index contributed by atoms with van der Waals surface area (Å²) in [6.45, 7) is 7.02. The molecule has 1 saturated heterocycles. The zero-order chi connectivity index (χ0) is 16.5. The summed E-state index contributed by atoms with van der Waals surface area (Å²) in [6, 6.07) is 1.34. The summed E-state index contributed by atoms with van der Waals surface area (Å²) >= 11 is 0. The second-order valence-electron chi connectivity index (χ2n) is 6.38. The van der Waals surface area contributed by atoms with Gasteiger partial charge in [0, 0.05) is 18.7 Å². The van der Waals surface area contributed by atoms with Gasteiger partial charge in [0.1, 0.15) is 12.0 Å². The Morgan fingerprint density at radius 3 is 2.86 bits per heavy atom. The van der Waals surface area contributed by atoms with Crippen LogP contribution in [0.1, 0.15) is 50.4 Å². The van der Waals surface area contributed by atoms with Crippen LogP contribution in [0, 0.1) is 15.5 Å². The van der Waals surface area contributed by atoms with Gasteiger partial charge in [0.25, 0.3) is 11.6 Å². The third kappa shape index (κ3) is 2.88. The van der Waals surface area contributed by atoms with E-state index in [0.29, 0.717) is 6.54 Å². The lowest BCUT2D eigenvalue weighted by molar-refractivity contribution is -0.385. The highest BCUT2D eigenvalue weighted by molar-refractivity contribution is 5.99. The van der Waals surface area contributed by atoms with Crippen LogP contribution in [0.15, 0.2) is 12.3 Å². The highest BCUT2D eigenvalue weighted by Crippen LogP contribution is 2.37. The lowest BCUT2D eigenvalue weighted by Crippen LogP contribution is -2.44. The first-order chi connectivity index (χ1) is 10.3. The van der Waals surface area contributed by atoms with Gasteiger partial charge in [0.05, 0.1) is 10.5 Å². The normalized spacial score (nSPS) is 18.5. The molecule has 22 heavy (non-hydrogen) atoms. The third-order valence-electron chi connectivity index (χ3n) is 4.67. The minimum absolute atomic E-state index is 0.00490. The third-order valence-corrected chi connectivity index (χ3v) is 4.67. The molecule has 0 bridgehead atoms. The van der Waals surface area contributed by atoms with Gasteiger partial charge >= 0.3 is 0 Å². The van der Waals surface area contributed by atoms with Crippen LogP contribution >= 0.6 is 0 Å². The second kappa shape index (κ2) is 5.90. The highest BCUT2D eigenvalue weighted by Gasteiger charge is 2.39. The van der Waals surface area contributed by atoms with Crippen molar-refractivity contribution in [3.05, 3.63) is 27.9 Å². The number of hydrogen-bond acceptors (Lipinski definition) is 5. The average molecular weight is 306 g/mol. The number of carbonyl (C=O) groups is 1. The lowest BCUT2D eigenvalue weighted by Gasteiger charge is -2.37. The van der Waals surface area contributed by atoms with Crippen molar-refractivity contribution >= 4 is 17.4 Å². The van der Waals surface area contributed by atoms with Crippen LogP contribution in [0.5, 0.6) is 0 Å². The predicted molar refractivity (Wildman–Crippen MR) is 83.4 cm³/mol. The minimum Gasteiger partial charge on any atom is -0.383 e. The van der Waals surface area contributed by atoms with E-state index in [0.717, 1.165) is 25.5 Å². The molecule has 1 fully saturated rings. The molecule has 1 amide bonds. The molecule has 120 valence electrons. The Kier molecular flexibility index (Phi) is 4.35. The van der Waals surface area contributed by atoms with Gasteiger partial charge in [0.15, 0.2) is 0 Å². The van der Waals surface area contributed by atoms with E-state index in [1.54, 1.807) is 4.90 Å². The van der Waals surface area contributed by atoms with Gasteiger partial charge in [0.2, 0.25) is 0 Å². The summed E-state index contributed by atoms with van der Waals surface area (Å²) < 4.78 is 0. The second-order valence-corrected chi connectivity index (χ2v) is 6.38. The molecule has 1 atom stereocenters. The van der Waals surface area contributed by atoms with Crippen LogP contribution in [0.3, 0.4) is 0 Å². The van der Waals surface area contributed by atoms with Crippen LogP contribution in [0.25, 0.3) is 0 Å². The van der Waals surface area contributed by atoms with E-state index in [4.69, 9.17) is 5.73 Å². The molecule has 0 radical (unpaired) electrons. The number of nitrogens with two attached hydrogens (primary N) is 1. The Morgan fingerprint density at radius 1 is 1.59 bits per heavy atom. The van der Waals surface area contributed by atoms with Crippen LogP contribution in [0.4, 0.5) is 11.5 Å². The van der Waals surface area contributed by atoms with Crippen molar-refractivity contribution in [1.82, 2.24) is 9.88 Å². The monoisotopic (exact) mass is 306 g/mol. The van der Waals surface area contributed by atoms with Crippen molar-refractivity contribution < 1.29 is 9.72 Å².